The predicted molar refractivity (Wildman–Crippen MR) is 70.0 cm³/mol. The fraction of sp³-hybridized carbons (Fsp3) is 0.500. The molecule has 2 heterocycles. The normalized spacial score (nSPS) is 14.8. The Morgan fingerprint density at radius 1 is 1.29 bits per heavy atom. The molecule has 0 saturated heterocycles. The molecule has 4 nitrogen and oxygen atoms in total. The lowest BCUT2D eigenvalue weighted by Crippen LogP contribution is -2.24. The van der Waals surface area contributed by atoms with E-state index in [2.05, 4.69) is 36.1 Å². The molecule has 0 radical (unpaired) electrons. The van der Waals surface area contributed by atoms with Gasteiger partial charge >= 0.3 is 0 Å². The van der Waals surface area contributed by atoms with Gasteiger partial charge in [0.15, 0.2) is 0 Å². The maximum atomic E-state index is 4.40. The first-order chi connectivity index (χ1) is 8.08. The summed E-state index contributed by atoms with van der Waals surface area (Å²) in [4.78, 5) is 10.0. The summed E-state index contributed by atoms with van der Waals surface area (Å²) in [5.41, 5.74) is 0. The van der Waals surface area contributed by atoms with Crippen molar-refractivity contribution < 1.29 is 0 Å². The molecule has 0 spiro atoms. The first kappa shape index (κ1) is 12.3. The largest absolute Gasteiger partial charge is 0.337 e. The van der Waals surface area contributed by atoms with Crippen LogP contribution >= 0.6 is 11.3 Å². The summed E-state index contributed by atoms with van der Waals surface area (Å²) in [5, 5.41) is 4.65. The van der Waals surface area contributed by atoms with Crippen molar-refractivity contribution in [3.05, 3.63) is 34.3 Å². The van der Waals surface area contributed by atoms with Crippen molar-refractivity contribution in [3.63, 3.8) is 0 Å². The van der Waals surface area contributed by atoms with Gasteiger partial charge in [-0.05, 0) is 20.8 Å². The lowest BCUT2D eigenvalue weighted by Gasteiger charge is -2.18. The Bertz CT molecular complexity index is 488. The molecule has 2 aromatic heterocycles. The quantitative estimate of drug-likeness (QED) is 0.907. The van der Waals surface area contributed by atoms with E-state index >= 15 is 0 Å². The SMILES string of the molecule is Cc1cnc(C(C)NC(C)c2nccn2C)s1. The van der Waals surface area contributed by atoms with Gasteiger partial charge in [-0.3, -0.25) is 5.32 Å². The Morgan fingerprint density at radius 2 is 2.06 bits per heavy atom. The Hall–Kier alpha value is -1.20. The lowest BCUT2D eigenvalue weighted by atomic mass is 10.2. The Balaban J connectivity index is 2.04. The Morgan fingerprint density at radius 3 is 2.59 bits per heavy atom. The number of hydrogen-bond donors (Lipinski definition) is 1. The molecule has 0 aliphatic heterocycles. The molecule has 0 aromatic carbocycles. The minimum Gasteiger partial charge on any atom is -0.337 e. The summed E-state index contributed by atoms with van der Waals surface area (Å²) in [6.07, 6.45) is 5.71. The van der Waals surface area contributed by atoms with Gasteiger partial charge in [0.25, 0.3) is 0 Å². The number of imidazole rings is 1. The third-order valence-corrected chi connectivity index (χ3v) is 3.85. The van der Waals surface area contributed by atoms with Crippen molar-refractivity contribution in [1.29, 1.82) is 0 Å². The molecule has 1 N–H and O–H groups in total. The topological polar surface area (TPSA) is 42.7 Å². The molecule has 0 aliphatic rings. The van der Waals surface area contributed by atoms with E-state index in [1.165, 1.54) is 4.88 Å². The average molecular weight is 250 g/mol. The second kappa shape index (κ2) is 4.98. The van der Waals surface area contributed by atoms with Crippen LogP contribution < -0.4 is 5.32 Å². The molecule has 2 rings (SSSR count). The lowest BCUT2D eigenvalue weighted by molar-refractivity contribution is 0.466. The van der Waals surface area contributed by atoms with Crippen molar-refractivity contribution in [1.82, 2.24) is 19.9 Å². The smallest absolute Gasteiger partial charge is 0.125 e. The number of aryl methyl sites for hydroxylation is 2. The molecular formula is C12H18N4S. The average Bonchev–Trinajstić information content (AvgIpc) is 2.86. The Labute approximate surface area is 106 Å². The molecule has 0 fully saturated rings. The fourth-order valence-corrected chi connectivity index (χ4v) is 2.67. The maximum absolute atomic E-state index is 4.40. The van der Waals surface area contributed by atoms with Crippen LogP contribution in [0.1, 0.15) is 41.6 Å². The summed E-state index contributed by atoms with van der Waals surface area (Å²) in [6, 6.07) is 0.467. The van der Waals surface area contributed by atoms with E-state index in [0.717, 1.165) is 10.8 Å². The van der Waals surface area contributed by atoms with E-state index in [1.54, 1.807) is 11.3 Å². The highest BCUT2D eigenvalue weighted by molar-refractivity contribution is 7.11. The molecule has 17 heavy (non-hydrogen) atoms. The van der Waals surface area contributed by atoms with E-state index in [9.17, 15) is 0 Å². The third-order valence-electron chi connectivity index (χ3n) is 2.76. The highest BCUT2D eigenvalue weighted by Crippen LogP contribution is 2.22. The molecule has 2 aromatic rings. The van der Waals surface area contributed by atoms with Crippen LogP contribution in [0.4, 0.5) is 0 Å². The molecule has 2 atom stereocenters. The minimum absolute atomic E-state index is 0.217. The number of hydrogen-bond acceptors (Lipinski definition) is 4. The highest BCUT2D eigenvalue weighted by Gasteiger charge is 2.16. The van der Waals surface area contributed by atoms with Gasteiger partial charge in [0.05, 0.1) is 12.1 Å². The van der Waals surface area contributed by atoms with Crippen LogP contribution in [0.2, 0.25) is 0 Å². The van der Waals surface area contributed by atoms with Gasteiger partial charge in [0, 0.05) is 30.5 Å². The van der Waals surface area contributed by atoms with Crippen molar-refractivity contribution >= 4 is 11.3 Å². The molecular weight excluding hydrogens is 232 g/mol. The summed E-state index contributed by atoms with van der Waals surface area (Å²) >= 11 is 1.74. The van der Waals surface area contributed by atoms with E-state index < -0.39 is 0 Å². The van der Waals surface area contributed by atoms with Gasteiger partial charge in [-0.15, -0.1) is 11.3 Å². The van der Waals surface area contributed by atoms with Gasteiger partial charge in [-0.1, -0.05) is 0 Å². The van der Waals surface area contributed by atoms with Crippen LogP contribution in [0.3, 0.4) is 0 Å². The van der Waals surface area contributed by atoms with E-state index in [0.29, 0.717) is 0 Å². The highest BCUT2D eigenvalue weighted by atomic mass is 32.1. The van der Waals surface area contributed by atoms with Gasteiger partial charge in [0.2, 0.25) is 0 Å². The standard InChI is InChI=1S/C12H18N4S/c1-8-7-14-12(17-8)10(3)15-9(2)11-13-5-6-16(11)4/h5-7,9-10,15H,1-4H3. The van der Waals surface area contributed by atoms with Crippen LogP contribution in [0.15, 0.2) is 18.6 Å². The van der Waals surface area contributed by atoms with Crippen molar-refractivity contribution in [2.24, 2.45) is 7.05 Å². The van der Waals surface area contributed by atoms with Gasteiger partial charge in [0.1, 0.15) is 10.8 Å². The fourth-order valence-electron chi connectivity index (χ4n) is 1.89. The van der Waals surface area contributed by atoms with Crippen LogP contribution in [-0.4, -0.2) is 14.5 Å². The van der Waals surface area contributed by atoms with E-state index in [4.69, 9.17) is 0 Å². The second-order valence-electron chi connectivity index (χ2n) is 4.32. The summed E-state index contributed by atoms with van der Waals surface area (Å²) < 4.78 is 2.04. The molecule has 92 valence electrons. The zero-order valence-corrected chi connectivity index (χ0v) is 11.5. The summed E-state index contributed by atoms with van der Waals surface area (Å²) in [5.74, 6) is 1.05. The van der Waals surface area contributed by atoms with Crippen molar-refractivity contribution in [3.8, 4) is 0 Å². The summed E-state index contributed by atoms with van der Waals surface area (Å²) in [7, 11) is 2.01. The van der Waals surface area contributed by atoms with Gasteiger partial charge in [-0.25, -0.2) is 9.97 Å². The number of rotatable bonds is 4. The summed E-state index contributed by atoms with van der Waals surface area (Å²) in [6.45, 7) is 6.34. The number of thiazole rings is 1. The number of nitrogens with zero attached hydrogens (tertiary/aromatic N) is 3. The molecule has 2 unspecified atom stereocenters. The predicted octanol–water partition coefficient (Wildman–Crippen LogP) is 2.60. The third kappa shape index (κ3) is 2.73. The molecule has 0 saturated carbocycles. The van der Waals surface area contributed by atoms with Crippen LogP contribution in [0, 0.1) is 6.92 Å². The van der Waals surface area contributed by atoms with Crippen LogP contribution in [0.25, 0.3) is 0 Å². The van der Waals surface area contributed by atoms with Crippen LogP contribution in [-0.2, 0) is 7.05 Å². The first-order valence-electron chi connectivity index (χ1n) is 5.73. The first-order valence-corrected chi connectivity index (χ1v) is 6.55. The Kier molecular flexibility index (Phi) is 3.59. The minimum atomic E-state index is 0.217. The van der Waals surface area contributed by atoms with Gasteiger partial charge in [-0.2, -0.15) is 0 Å². The van der Waals surface area contributed by atoms with E-state index in [1.807, 2.05) is 30.2 Å². The zero-order valence-electron chi connectivity index (χ0n) is 10.6. The monoisotopic (exact) mass is 250 g/mol. The molecule has 0 bridgehead atoms. The number of nitrogens with one attached hydrogen (secondary N) is 1. The molecule has 0 aliphatic carbocycles. The van der Waals surface area contributed by atoms with E-state index in [-0.39, 0.29) is 12.1 Å². The second-order valence-corrected chi connectivity index (χ2v) is 5.58. The maximum Gasteiger partial charge on any atom is 0.125 e. The van der Waals surface area contributed by atoms with Crippen molar-refractivity contribution in [2.45, 2.75) is 32.9 Å². The molecule has 0 amide bonds. The molecule has 5 heteroatoms. The number of aromatic nitrogens is 3. The van der Waals surface area contributed by atoms with Crippen LogP contribution in [0.5, 0.6) is 0 Å². The zero-order chi connectivity index (χ0) is 12.4. The van der Waals surface area contributed by atoms with Gasteiger partial charge < -0.3 is 4.57 Å². The van der Waals surface area contributed by atoms with Crippen molar-refractivity contribution in [2.75, 3.05) is 0 Å².